The number of carboxylic acids is 1. The van der Waals surface area contributed by atoms with E-state index in [4.69, 9.17) is 19.7 Å². The smallest absolute Gasteiger partial charge is 0.335 e. The molecule has 1 unspecified atom stereocenters. The van der Waals surface area contributed by atoms with Crippen LogP contribution >= 0.6 is 0 Å². The van der Waals surface area contributed by atoms with Gasteiger partial charge in [0.2, 0.25) is 5.88 Å². The van der Waals surface area contributed by atoms with E-state index in [0.29, 0.717) is 52.4 Å². The van der Waals surface area contributed by atoms with Crippen molar-refractivity contribution >= 4 is 17.0 Å². The molecule has 3 aromatic carbocycles. The van der Waals surface area contributed by atoms with Gasteiger partial charge >= 0.3 is 5.97 Å². The molecule has 0 spiro atoms. The van der Waals surface area contributed by atoms with Crippen molar-refractivity contribution in [1.82, 2.24) is 14.5 Å². The fourth-order valence-corrected chi connectivity index (χ4v) is 5.13. The van der Waals surface area contributed by atoms with Crippen LogP contribution in [0.5, 0.6) is 5.88 Å². The van der Waals surface area contributed by atoms with Crippen LogP contribution in [0.25, 0.3) is 22.3 Å². The molecule has 216 valence electrons. The Morgan fingerprint density at radius 2 is 1.93 bits per heavy atom. The van der Waals surface area contributed by atoms with Crippen LogP contribution in [-0.4, -0.2) is 38.3 Å². The topological polar surface area (TPSA) is 110 Å². The molecule has 10 heteroatoms. The highest BCUT2D eigenvalue weighted by Crippen LogP contribution is 2.30. The Kier molecular flexibility index (Phi) is 7.57. The van der Waals surface area contributed by atoms with Crippen molar-refractivity contribution in [2.24, 2.45) is 0 Å². The van der Waals surface area contributed by atoms with Gasteiger partial charge in [-0.3, -0.25) is 0 Å². The van der Waals surface area contributed by atoms with E-state index in [1.807, 2.05) is 10.6 Å². The van der Waals surface area contributed by atoms with Crippen molar-refractivity contribution in [3.05, 3.63) is 112 Å². The van der Waals surface area contributed by atoms with Crippen LogP contribution in [-0.2, 0) is 24.3 Å². The number of hydrogen-bond donors (Lipinski definition) is 1. The summed E-state index contributed by atoms with van der Waals surface area (Å²) in [7, 11) is 0. The summed E-state index contributed by atoms with van der Waals surface area (Å²) in [6.07, 6.45) is 1.08. The van der Waals surface area contributed by atoms with Gasteiger partial charge in [-0.1, -0.05) is 24.3 Å². The molecule has 0 radical (unpaired) electrons. The number of hydrogen-bond acceptors (Lipinski definition) is 6. The maximum Gasteiger partial charge on any atom is 0.335 e. The summed E-state index contributed by atoms with van der Waals surface area (Å²) in [6.45, 7) is 2.77. The highest BCUT2D eigenvalue weighted by Gasteiger charge is 2.23. The van der Waals surface area contributed by atoms with Crippen LogP contribution in [0.3, 0.4) is 0 Å². The second-order valence-electron chi connectivity index (χ2n) is 10.4. The minimum atomic E-state index is -1.03. The highest BCUT2D eigenvalue weighted by atomic mass is 19.1. The number of carbonyl (C=O) groups is 1. The number of ether oxygens (including phenoxy) is 2. The van der Waals surface area contributed by atoms with Crippen LogP contribution in [0.1, 0.15) is 44.9 Å². The van der Waals surface area contributed by atoms with Gasteiger partial charge in [-0.2, -0.15) is 5.26 Å². The van der Waals surface area contributed by atoms with Crippen molar-refractivity contribution in [3.8, 4) is 23.2 Å². The summed E-state index contributed by atoms with van der Waals surface area (Å²) >= 11 is 0. The van der Waals surface area contributed by atoms with Crippen molar-refractivity contribution in [1.29, 1.82) is 5.26 Å². The van der Waals surface area contributed by atoms with Crippen LogP contribution < -0.4 is 4.74 Å². The Balaban J connectivity index is 1.26. The lowest BCUT2D eigenvalue weighted by Gasteiger charge is -2.27. The molecule has 1 N–H and O–H groups in total. The van der Waals surface area contributed by atoms with Crippen LogP contribution in [0, 0.1) is 29.9 Å². The number of imidazole rings is 1. The second kappa shape index (κ2) is 11.6. The Hall–Kier alpha value is -5.14. The summed E-state index contributed by atoms with van der Waals surface area (Å²) < 4.78 is 43.4. The van der Waals surface area contributed by atoms with Gasteiger partial charge in [-0.15, -0.1) is 0 Å². The third-order valence-corrected chi connectivity index (χ3v) is 7.63. The molecule has 0 amide bonds. The number of nitrogens with zero attached hydrogens (tertiary/aromatic N) is 4. The van der Waals surface area contributed by atoms with Gasteiger partial charge in [-0.25, -0.2) is 23.5 Å². The van der Waals surface area contributed by atoms with E-state index in [0.717, 1.165) is 12.5 Å². The Bertz CT molecular complexity index is 1910. The zero-order valence-corrected chi connectivity index (χ0v) is 23.2. The molecule has 3 heterocycles. The molecule has 1 aliphatic rings. The summed E-state index contributed by atoms with van der Waals surface area (Å²) in [4.78, 5) is 20.8. The number of halogens is 2. The maximum absolute atomic E-state index is 15.8. The van der Waals surface area contributed by atoms with Crippen molar-refractivity contribution in [2.45, 2.75) is 39.0 Å². The molecule has 1 atom stereocenters. The molecule has 1 saturated heterocycles. The zero-order chi connectivity index (χ0) is 30.1. The number of benzene rings is 3. The van der Waals surface area contributed by atoms with Crippen LogP contribution in [0.2, 0.25) is 0 Å². The minimum absolute atomic E-state index is 0.00688. The molecule has 43 heavy (non-hydrogen) atoms. The second-order valence-corrected chi connectivity index (χ2v) is 10.4. The number of carboxylic acid groups (broad SMARTS) is 1. The quantitative estimate of drug-likeness (QED) is 0.221. The fourth-order valence-electron chi connectivity index (χ4n) is 5.13. The normalized spacial score (nSPS) is 14.3. The van der Waals surface area contributed by atoms with E-state index in [1.54, 1.807) is 49.4 Å². The molecular formula is C33H26F2N4O4. The number of pyridine rings is 1. The van der Waals surface area contributed by atoms with Crippen molar-refractivity contribution in [3.63, 3.8) is 0 Å². The molecule has 6 rings (SSSR count). The summed E-state index contributed by atoms with van der Waals surface area (Å²) in [5, 5.41) is 18.4. The third kappa shape index (κ3) is 5.67. The SMILES string of the molecule is Cc1c(-c2cccc(OCc3ccc(C#N)cc3F)n2)ccc(Cc2nc3ccc(C(=O)O)cc3n2CC2CCO2)c1F. The number of aromatic carboxylic acids is 1. The minimum Gasteiger partial charge on any atom is -0.478 e. The molecule has 0 aliphatic carbocycles. The molecule has 1 aliphatic heterocycles. The summed E-state index contributed by atoms with van der Waals surface area (Å²) in [5.41, 5.74) is 3.88. The fraction of sp³-hybridized carbons (Fsp3) is 0.212. The Morgan fingerprint density at radius 3 is 2.65 bits per heavy atom. The standard InChI is InChI=1S/C33H26F2N4O4/c1-19-25(27-3-2-4-31(38-27)43-18-23-6-5-20(16-36)13-26(23)34)9-7-21(32(19)35)15-30-37-28-10-8-22(33(40)41)14-29(28)39(30)17-24-11-12-42-24/h2-10,13-14,24H,11-12,15,17-18H2,1H3,(H,40,41). The van der Waals surface area contributed by atoms with E-state index in [-0.39, 0.29) is 41.7 Å². The largest absolute Gasteiger partial charge is 0.478 e. The van der Waals surface area contributed by atoms with E-state index in [2.05, 4.69) is 4.98 Å². The van der Waals surface area contributed by atoms with Crippen molar-refractivity contribution < 1.29 is 28.2 Å². The number of fused-ring (bicyclic) bond motifs is 1. The van der Waals surface area contributed by atoms with Gasteiger partial charge in [-0.05, 0) is 60.9 Å². The van der Waals surface area contributed by atoms with E-state index in [1.165, 1.54) is 18.2 Å². The van der Waals surface area contributed by atoms with E-state index >= 15 is 4.39 Å². The predicted molar refractivity (Wildman–Crippen MR) is 154 cm³/mol. The zero-order valence-electron chi connectivity index (χ0n) is 23.2. The van der Waals surface area contributed by atoms with Gasteiger partial charge in [0.05, 0.1) is 46.6 Å². The van der Waals surface area contributed by atoms with Gasteiger partial charge in [0, 0.05) is 30.2 Å². The first-order chi connectivity index (χ1) is 20.8. The van der Waals surface area contributed by atoms with Gasteiger partial charge in [0.1, 0.15) is 24.1 Å². The Morgan fingerprint density at radius 1 is 1.12 bits per heavy atom. The lowest BCUT2D eigenvalue weighted by Crippen LogP contribution is -2.31. The maximum atomic E-state index is 15.8. The van der Waals surface area contributed by atoms with Gasteiger partial charge < -0.3 is 19.1 Å². The van der Waals surface area contributed by atoms with E-state index in [9.17, 15) is 14.3 Å². The summed E-state index contributed by atoms with van der Waals surface area (Å²) in [5.74, 6) is -1.10. The third-order valence-electron chi connectivity index (χ3n) is 7.63. The lowest BCUT2D eigenvalue weighted by molar-refractivity contribution is -0.0589. The molecule has 1 fully saturated rings. The van der Waals surface area contributed by atoms with Crippen LogP contribution in [0.4, 0.5) is 8.78 Å². The monoisotopic (exact) mass is 580 g/mol. The lowest BCUT2D eigenvalue weighted by atomic mass is 9.99. The van der Waals surface area contributed by atoms with E-state index < -0.39 is 17.6 Å². The molecule has 8 nitrogen and oxygen atoms in total. The average molecular weight is 581 g/mol. The molecular weight excluding hydrogens is 554 g/mol. The summed E-state index contributed by atoms with van der Waals surface area (Å²) in [6, 6.07) is 19.4. The van der Waals surface area contributed by atoms with Crippen molar-refractivity contribution in [2.75, 3.05) is 6.61 Å². The Labute approximate surface area is 245 Å². The number of aromatic nitrogens is 3. The van der Waals surface area contributed by atoms with Crippen LogP contribution in [0.15, 0.2) is 66.7 Å². The van der Waals surface area contributed by atoms with Gasteiger partial charge in [0.25, 0.3) is 0 Å². The molecule has 2 aromatic heterocycles. The highest BCUT2D eigenvalue weighted by molar-refractivity contribution is 5.92. The molecule has 0 saturated carbocycles. The average Bonchev–Trinajstić information content (AvgIpc) is 3.32. The predicted octanol–water partition coefficient (Wildman–Crippen LogP) is 6.21. The molecule has 0 bridgehead atoms. The molecule has 5 aromatic rings. The first-order valence-electron chi connectivity index (χ1n) is 13.7. The first-order valence-corrected chi connectivity index (χ1v) is 13.7. The number of rotatable bonds is 9. The number of nitriles is 1. The first kappa shape index (κ1) is 28.0. The van der Waals surface area contributed by atoms with Gasteiger partial charge in [0.15, 0.2) is 0 Å².